The first-order valence-electron chi connectivity index (χ1n) is 15.6. The molecule has 0 aliphatic carbocycles. The molecule has 2 aliphatic heterocycles. The molecule has 0 aromatic heterocycles. The van der Waals surface area contributed by atoms with E-state index in [1.54, 1.807) is 0 Å². The van der Waals surface area contributed by atoms with Crippen molar-refractivity contribution >= 4 is 21.8 Å². The molecule has 52 heavy (non-hydrogen) atoms. The second-order valence-corrected chi connectivity index (χ2v) is 14.6. The molecule has 18 heteroatoms. The van der Waals surface area contributed by atoms with Gasteiger partial charge in [0.05, 0.1) is 23.1 Å². The third-order valence-corrected chi connectivity index (χ3v) is 11.9. The third-order valence-electron chi connectivity index (χ3n) is 9.42. The first kappa shape index (κ1) is 38.5. The third kappa shape index (κ3) is 6.67. The molecule has 2 heterocycles. The van der Waals surface area contributed by atoms with Crippen molar-refractivity contribution in [2.24, 2.45) is 0 Å². The van der Waals surface area contributed by atoms with Crippen LogP contribution in [0, 0.1) is 23.0 Å². The molecule has 0 N–H and O–H groups in total. The van der Waals surface area contributed by atoms with E-state index in [4.69, 9.17) is 0 Å². The van der Waals surface area contributed by atoms with Crippen molar-refractivity contribution in [1.29, 1.82) is 5.26 Å². The zero-order valence-corrected chi connectivity index (χ0v) is 28.1. The molecule has 1 atom stereocenters. The predicted octanol–water partition coefficient (Wildman–Crippen LogP) is 6.03. The molecule has 5 rings (SSSR count). The summed E-state index contributed by atoms with van der Waals surface area (Å²) in [4.78, 5) is 29.0. The highest BCUT2D eigenvalue weighted by molar-refractivity contribution is 7.92. The van der Waals surface area contributed by atoms with E-state index in [2.05, 4.69) is 4.74 Å². The molecule has 3 amide bonds. The lowest BCUT2D eigenvalue weighted by Crippen LogP contribution is -2.56. The van der Waals surface area contributed by atoms with E-state index in [0.717, 1.165) is 54.6 Å². The minimum atomic E-state index is -6.20. The second kappa shape index (κ2) is 14.0. The van der Waals surface area contributed by atoms with Crippen molar-refractivity contribution in [2.45, 2.75) is 47.5 Å². The van der Waals surface area contributed by atoms with Crippen LogP contribution in [0.25, 0.3) is 0 Å². The largest absolute Gasteiger partial charge is 0.430 e. The number of rotatable bonds is 7. The maximum atomic E-state index is 14.6. The standard InChI is InChI=1S/C34H30F8N4O5S/c1-22(47)44-15-17-45(18-16-44)30(48)46-14-13-31(21-46,52(49,50)27-11-9-26(35)10-12-27)24-5-7-25(8-6-24)32(33(37,38)39,34(40,41)42)51-20-28-23(19-43)3-2-4-29(28)36/h2-12H,13-18,20-21H2,1H3. The van der Waals surface area contributed by atoms with Gasteiger partial charge in [0.1, 0.15) is 16.4 Å². The lowest BCUT2D eigenvalue weighted by molar-refractivity contribution is -0.392. The summed E-state index contributed by atoms with van der Waals surface area (Å²) in [5.74, 6) is -2.26. The van der Waals surface area contributed by atoms with E-state index < -0.39 is 84.9 Å². The minimum Gasteiger partial charge on any atom is -0.349 e. The number of nitriles is 1. The van der Waals surface area contributed by atoms with Crippen LogP contribution in [0.5, 0.6) is 0 Å². The first-order chi connectivity index (χ1) is 24.3. The Labute approximate surface area is 292 Å². The number of hydrogen-bond acceptors (Lipinski definition) is 6. The van der Waals surface area contributed by atoms with Gasteiger partial charge in [-0.05, 0) is 48.4 Å². The van der Waals surface area contributed by atoms with E-state index in [1.807, 2.05) is 0 Å². The summed E-state index contributed by atoms with van der Waals surface area (Å²) >= 11 is 0. The summed E-state index contributed by atoms with van der Waals surface area (Å²) in [6.07, 6.45) is -12.7. The van der Waals surface area contributed by atoms with E-state index in [9.17, 15) is 58.4 Å². The zero-order chi connectivity index (χ0) is 38.3. The highest BCUT2D eigenvalue weighted by Crippen LogP contribution is 2.54. The van der Waals surface area contributed by atoms with Crippen molar-refractivity contribution < 1.29 is 57.9 Å². The number of nitrogens with zero attached hydrogens (tertiary/aromatic N) is 4. The molecule has 1 unspecified atom stereocenters. The average Bonchev–Trinajstić information content (AvgIpc) is 3.55. The Balaban J connectivity index is 1.57. The van der Waals surface area contributed by atoms with Crippen LogP contribution in [0.4, 0.5) is 39.9 Å². The average molecular weight is 759 g/mol. The number of ether oxygens (including phenoxy) is 1. The molecule has 3 aromatic rings. The highest BCUT2D eigenvalue weighted by atomic mass is 32.2. The van der Waals surface area contributed by atoms with Crippen LogP contribution >= 0.6 is 0 Å². The first-order valence-corrected chi connectivity index (χ1v) is 17.1. The SMILES string of the molecule is CC(=O)N1CCN(C(=O)N2CCC(c3ccc(C(OCc4c(F)cccc4C#N)(C(F)(F)F)C(F)(F)F)cc3)(S(=O)(=O)c3ccc(F)cc3)C2)CC1. The van der Waals surface area contributed by atoms with Crippen molar-refractivity contribution in [2.75, 3.05) is 39.3 Å². The molecule has 9 nitrogen and oxygen atoms in total. The number of hydrogen-bond donors (Lipinski definition) is 0. The van der Waals surface area contributed by atoms with Gasteiger partial charge in [0, 0.05) is 57.3 Å². The Kier molecular flexibility index (Phi) is 10.4. The number of sulfone groups is 1. The van der Waals surface area contributed by atoms with E-state index in [0.29, 0.717) is 12.1 Å². The summed E-state index contributed by atoms with van der Waals surface area (Å²) in [5.41, 5.74) is -8.24. The Bertz CT molecular complexity index is 1960. The highest BCUT2D eigenvalue weighted by Gasteiger charge is 2.73. The van der Waals surface area contributed by atoms with Gasteiger partial charge in [0.25, 0.3) is 5.60 Å². The molecule has 2 saturated heterocycles. The second-order valence-electron chi connectivity index (χ2n) is 12.3. The van der Waals surface area contributed by atoms with Gasteiger partial charge < -0.3 is 19.4 Å². The van der Waals surface area contributed by atoms with E-state index in [-0.39, 0.29) is 50.6 Å². The van der Waals surface area contributed by atoms with Gasteiger partial charge in [0.15, 0.2) is 9.84 Å². The number of amides is 3. The van der Waals surface area contributed by atoms with E-state index in [1.165, 1.54) is 27.7 Å². The molecule has 2 fully saturated rings. The number of halogens is 8. The van der Waals surface area contributed by atoms with Gasteiger partial charge in [0.2, 0.25) is 5.91 Å². The van der Waals surface area contributed by atoms with E-state index >= 15 is 0 Å². The summed E-state index contributed by atoms with van der Waals surface area (Å²) in [7, 11) is -4.63. The number of benzene rings is 3. The van der Waals surface area contributed by atoms with Crippen molar-refractivity contribution in [3.8, 4) is 6.07 Å². The van der Waals surface area contributed by atoms with Gasteiger partial charge in [-0.2, -0.15) is 31.6 Å². The number of likely N-dealkylation sites (tertiary alicyclic amines) is 1. The fourth-order valence-electron chi connectivity index (χ4n) is 6.54. The summed E-state index contributed by atoms with van der Waals surface area (Å²) < 4.78 is 147. The van der Waals surface area contributed by atoms with Crippen LogP contribution in [0.3, 0.4) is 0 Å². The normalized spacial score (nSPS) is 18.7. The molecule has 278 valence electrons. The summed E-state index contributed by atoms with van der Waals surface area (Å²) in [5, 5.41) is 9.26. The van der Waals surface area contributed by atoms with Gasteiger partial charge in [-0.15, -0.1) is 0 Å². The molecule has 0 spiro atoms. The Hall–Kier alpha value is -4.76. The minimum absolute atomic E-state index is 0.126. The smallest absolute Gasteiger partial charge is 0.349 e. The molecule has 3 aromatic carbocycles. The van der Waals surface area contributed by atoms with Crippen LogP contribution < -0.4 is 0 Å². The lowest BCUT2D eigenvalue weighted by Gasteiger charge is -2.38. The molecule has 0 saturated carbocycles. The van der Waals surface area contributed by atoms with Crippen molar-refractivity contribution in [3.63, 3.8) is 0 Å². The molecule has 0 bridgehead atoms. The Morgan fingerprint density at radius 3 is 1.94 bits per heavy atom. The number of urea groups is 1. The van der Waals surface area contributed by atoms with Gasteiger partial charge in [-0.3, -0.25) is 4.79 Å². The summed E-state index contributed by atoms with van der Waals surface area (Å²) in [6, 6.07) is 9.62. The molecule has 2 aliphatic rings. The number of carbonyl (C=O) groups is 2. The molecule has 0 radical (unpaired) electrons. The van der Waals surface area contributed by atoms with Crippen LogP contribution in [-0.2, 0) is 36.3 Å². The predicted molar refractivity (Wildman–Crippen MR) is 167 cm³/mol. The van der Waals surface area contributed by atoms with Crippen molar-refractivity contribution in [1.82, 2.24) is 14.7 Å². The number of alkyl halides is 6. The number of piperazine rings is 1. The van der Waals surface area contributed by atoms with Crippen LogP contribution in [-0.4, -0.2) is 86.7 Å². The summed E-state index contributed by atoms with van der Waals surface area (Å²) in [6.45, 7) is -0.318. The van der Waals surface area contributed by atoms with Gasteiger partial charge in [-0.25, -0.2) is 22.0 Å². The molecular formula is C34H30F8N4O5S. The van der Waals surface area contributed by atoms with Crippen molar-refractivity contribution in [3.05, 3.63) is 101 Å². The molecular weight excluding hydrogens is 728 g/mol. The fourth-order valence-corrected chi connectivity index (χ4v) is 8.62. The monoisotopic (exact) mass is 758 g/mol. The Morgan fingerprint density at radius 2 is 1.40 bits per heavy atom. The van der Waals surface area contributed by atoms with Gasteiger partial charge in [-0.1, -0.05) is 30.3 Å². The quantitative estimate of drug-likeness (QED) is 0.215. The van der Waals surface area contributed by atoms with Crippen LogP contribution in [0.1, 0.15) is 35.6 Å². The van der Waals surface area contributed by atoms with Crippen LogP contribution in [0.2, 0.25) is 0 Å². The Morgan fingerprint density at radius 1 is 0.827 bits per heavy atom. The van der Waals surface area contributed by atoms with Gasteiger partial charge >= 0.3 is 18.4 Å². The lowest BCUT2D eigenvalue weighted by atomic mass is 9.88. The topological polar surface area (TPSA) is 111 Å². The van der Waals surface area contributed by atoms with Crippen LogP contribution in [0.15, 0.2) is 71.6 Å². The number of carbonyl (C=O) groups excluding carboxylic acids is 2. The zero-order valence-electron chi connectivity index (χ0n) is 27.3. The maximum Gasteiger partial charge on any atom is 0.430 e. The fraction of sp³-hybridized carbons (Fsp3) is 0.382. The maximum absolute atomic E-state index is 14.6.